The normalized spacial score (nSPS) is 20.4. The summed E-state index contributed by atoms with van der Waals surface area (Å²) < 4.78 is 7.98. The maximum atomic E-state index is 5.78. The molecule has 4 heterocycles. The molecule has 122 valence electrons. The third-order valence-corrected chi connectivity index (χ3v) is 4.48. The molecule has 3 aromatic rings. The summed E-state index contributed by atoms with van der Waals surface area (Å²) in [5.41, 5.74) is 2.21. The van der Waals surface area contributed by atoms with Crippen molar-refractivity contribution in [3.8, 4) is 11.4 Å². The molecule has 0 N–H and O–H groups in total. The van der Waals surface area contributed by atoms with Crippen molar-refractivity contribution in [3.63, 3.8) is 0 Å². The van der Waals surface area contributed by atoms with Gasteiger partial charge >= 0.3 is 0 Å². The molecule has 0 aromatic carbocycles. The molecule has 6 nitrogen and oxygen atoms in total. The van der Waals surface area contributed by atoms with E-state index in [0.29, 0.717) is 12.5 Å². The number of imidazole rings is 1. The van der Waals surface area contributed by atoms with Gasteiger partial charge in [0.15, 0.2) is 0 Å². The first kappa shape index (κ1) is 15.0. The lowest BCUT2D eigenvalue weighted by molar-refractivity contribution is 0.181. The summed E-state index contributed by atoms with van der Waals surface area (Å²) in [7, 11) is 0. The number of pyridine rings is 1. The lowest BCUT2D eigenvalue weighted by Gasteiger charge is -2.21. The molecule has 2 atom stereocenters. The lowest BCUT2D eigenvalue weighted by Crippen LogP contribution is -2.20. The van der Waals surface area contributed by atoms with E-state index in [9.17, 15) is 0 Å². The van der Waals surface area contributed by atoms with Gasteiger partial charge in [-0.1, -0.05) is 0 Å². The summed E-state index contributed by atoms with van der Waals surface area (Å²) in [4.78, 5) is 17.2. The molecule has 0 spiro atoms. The van der Waals surface area contributed by atoms with Crippen LogP contribution in [0.25, 0.3) is 11.4 Å². The standard InChI is InChI=1S/C18H19N5O/c1-13-21-9-16(10-22-13)18-20-6-7-23(18)17-12-24-11-15(17)8-14-2-4-19-5-3-14/h2-7,9-10,15,17H,8,11-12H2,1H3/t15-,17-/m1/s1. The summed E-state index contributed by atoms with van der Waals surface area (Å²) in [5.74, 6) is 2.06. The Balaban J connectivity index is 1.61. The Hall–Kier alpha value is -2.60. The molecule has 0 saturated carbocycles. The molecule has 0 aliphatic carbocycles. The molecule has 1 aliphatic heterocycles. The smallest absolute Gasteiger partial charge is 0.143 e. The fourth-order valence-electron chi connectivity index (χ4n) is 3.22. The molecule has 1 fully saturated rings. The molecule has 0 unspecified atom stereocenters. The minimum Gasteiger partial charge on any atom is -0.379 e. The van der Waals surface area contributed by atoms with E-state index in [1.54, 1.807) is 0 Å². The highest BCUT2D eigenvalue weighted by atomic mass is 16.5. The second-order valence-corrected chi connectivity index (χ2v) is 6.10. The fourth-order valence-corrected chi connectivity index (χ4v) is 3.22. The van der Waals surface area contributed by atoms with Crippen LogP contribution < -0.4 is 0 Å². The zero-order chi connectivity index (χ0) is 16.4. The number of aryl methyl sites for hydroxylation is 1. The van der Waals surface area contributed by atoms with E-state index in [1.807, 2.05) is 44.1 Å². The van der Waals surface area contributed by atoms with Gasteiger partial charge in [-0.15, -0.1) is 0 Å². The monoisotopic (exact) mass is 321 g/mol. The average molecular weight is 321 g/mol. The molecule has 24 heavy (non-hydrogen) atoms. The first-order valence-corrected chi connectivity index (χ1v) is 8.10. The van der Waals surface area contributed by atoms with Gasteiger partial charge in [-0.05, 0) is 31.0 Å². The molecule has 0 amide bonds. The van der Waals surface area contributed by atoms with Gasteiger partial charge in [0, 0.05) is 43.1 Å². The first-order chi connectivity index (χ1) is 11.8. The van der Waals surface area contributed by atoms with Crippen molar-refractivity contribution in [2.75, 3.05) is 13.2 Å². The summed E-state index contributed by atoms with van der Waals surface area (Å²) in [6.45, 7) is 3.34. The van der Waals surface area contributed by atoms with E-state index < -0.39 is 0 Å². The Morgan fingerprint density at radius 3 is 2.67 bits per heavy atom. The quantitative estimate of drug-likeness (QED) is 0.738. The van der Waals surface area contributed by atoms with Crippen molar-refractivity contribution in [1.82, 2.24) is 24.5 Å². The van der Waals surface area contributed by atoms with Crippen LogP contribution in [-0.4, -0.2) is 37.7 Å². The van der Waals surface area contributed by atoms with Gasteiger partial charge in [-0.25, -0.2) is 15.0 Å². The van der Waals surface area contributed by atoms with Crippen molar-refractivity contribution in [1.29, 1.82) is 0 Å². The number of aromatic nitrogens is 5. The van der Waals surface area contributed by atoms with Crippen LogP contribution in [0.4, 0.5) is 0 Å². The minimum atomic E-state index is 0.261. The van der Waals surface area contributed by atoms with E-state index in [0.717, 1.165) is 30.2 Å². The molecular formula is C18H19N5O. The highest BCUT2D eigenvalue weighted by Gasteiger charge is 2.31. The summed E-state index contributed by atoms with van der Waals surface area (Å²) in [5, 5.41) is 0. The summed E-state index contributed by atoms with van der Waals surface area (Å²) in [6.07, 6.45) is 12.2. The van der Waals surface area contributed by atoms with Crippen molar-refractivity contribution in [2.24, 2.45) is 5.92 Å². The van der Waals surface area contributed by atoms with Crippen LogP contribution in [0.1, 0.15) is 17.4 Å². The van der Waals surface area contributed by atoms with Gasteiger partial charge in [0.05, 0.1) is 24.8 Å². The van der Waals surface area contributed by atoms with Gasteiger partial charge in [-0.2, -0.15) is 0 Å². The Morgan fingerprint density at radius 1 is 1.08 bits per heavy atom. The Bertz CT molecular complexity index is 800. The van der Waals surface area contributed by atoms with E-state index in [-0.39, 0.29) is 6.04 Å². The summed E-state index contributed by atoms with van der Waals surface area (Å²) >= 11 is 0. The van der Waals surface area contributed by atoms with Gasteiger partial charge in [0.1, 0.15) is 11.6 Å². The summed E-state index contributed by atoms with van der Waals surface area (Å²) in [6, 6.07) is 4.40. The van der Waals surface area contributed by atoms with Gasteiger partial charge < -0.3 is 9.30 Å². The average Bonchev–Trinajstić information content (AvgIpc) is 3.25. The van der Waals surface area contributed by atoms with Gasteiger partial charge in [-0.3, -0.25) is 4.98 Å². The van der Waals surface area contributed by atoms with Crippen LogP contribution in [0, 0.1) is 12.8 Å². The number of rotatable bonds is 4. The van der Waals surface area contributed by atoms with Crippen LogP contribution in [0.3, 0.4) is 0 Å². The molecule has 1 aliphatic rings. The molecule has 3 aromatic heterocycles. The second kappa shape index (κ2) is 6.49. The third kappa shape index (κ3) is 2.92. The maximum absolute atomic E-state index is 5.78. The van der Waals surface area contributed by atoms with Crippen LogP contribution >= 0.6 is 0 Å². The molecular weight excluding hydrogens is 302 g/mol. The largest absolute Gasteiger partial charge is 0.379 e. The molecule has 0 bridgehead atoms. The SMILES string of the molecule is Cc1ncc(-c2nccn2[C@@H]2COC[C@H]2Cc2ccncc2)cn1. The maximum Gasteiger partial charge on any atom is 0.143 e. The van der Waals surface area contributed by atoms with Crippen LogP contribution in [0.2, 0.25) is 0 Å². The molecule has 4 rings (SSSR count). The van der Waals surface area contributed by atoms with Crippen LogP contribution in [0.15, 0.2) is 49.3 Å². The zero-order valence-electron chi connectivity index (χ0n) is 13.5. The van der Waals surface area contributed by atoms with Crippen molar-refractivity contribution < 1.29 is 4.74 Å². The van der Waals surface area contributed by atoms with Gasteiger partial charge in [0.2, 0.25) is 0 Å². The zero-order valence-corrected chi connectivity index (χ0v) is 13.5. The first-order valence-electron chi connectivity index (χ1n) is 8.10. The number of nitrogens with zero attached hydrogens (tertiary/aromatic N) is 5. The Labute approximate surface area is 140 Å². The van der Waals surface area contributed by atoms with E-state index in [1.165, 1.54) is 5.56 Å². The Kier molecular flexibility index (Phi) is 4.04. The van der Waals surface area contributed by atoms with Crippen molar-refractivity contribution in [2.45, 2.75) is 19.4 Å². The van der Waals surface area contributed by atoms with Crippen molar-refractivity contribution >= 4 is 0 Å². The van der Waals surface area contributed by atoms with Crippen molar-refractivity contribution in [3.05, 3.63) is 60.7 Å². The molecule has 1 saturated heterocycles. The number of hydrogen-bond donors (Lipinski definition) is 0. The highest BCUT2D eigenvalue weighted by molar-refractivity contribution is 5.52. The number of hydrogen-bond acceptors (Lipinski definition) is 5. The highest BCUT2D eigenvalue weighted by Crippen LogP contribution is 2.32. The molecule has 6 heteroatoms. The van der Waals surface area contributed by atoms with E-state index in [2.05, 4.69) is 36.6 Å². The molecule has 0 radical (unpaired) electrons. The lowest BCUT2D eigenvalue weighted by atomic mass is 9.95. The minimum absolute atomic E-state index is 0.261. The Morgan fingerprint density at radius 2 is 1.88 bits per heavy atom. The third-order valence-electron chi connectivity index (χ3n) is 4.48. The van der Waals surface area contributed by atoms with Gasteiger partial charge in [0.25, 0.3) is 0 Å². The fraction of sp³-hybridized carbons (Fsp3) is 0.333. The predicted molar refractivity (Wildman–Crippen MR) is 89.3 cm³/mol. The van der Waals surface area contributed by atoms with E-state index >= 15 is 0 Å². The predicted octanol–water partition coefficient (Wildman–Crippen LogP) is 2.47. The van der Waals surface area contributed by atoms with Crippen LogP contribution in [-0.2, 0) is 11.2 Å². The topological polar surface area (TPSA) is 65.7 Å². The number of ether oxygens (including phenoxy) is 1. The second-order valence-electron chi connectivity index (χ2n) is 6.10. The van der Waals surface area contributed by atoms with Crippen LogP contribution in [0.5, 0.6) is 0 Å². The van der Waals surface area contributed by atoms with E-state index in [4.69, 9.17) is 4.74 Å².